The zero-order valence-corrected chi connectivity index (χ0v) is 9.25. The van der Waals surface area contributed by atoms with E-state index in [2.05, 4.69) is 0 Å². The summed E-state index contributed by atoms with van der Waals surface area (Å²) < 4.78 is 0. The fourth-order valence-electron chi connectivity index (χ4n) is 3.27. The Labute approximate surface area is 87.9 Å². The summed E-state index contributed by atoms with van der Waals surface area (Å²) in [5, 5.41) is 9.84. The van der Waals surface area contributed by atoms with Crippen molar-refractivity contribution in [3.05, 3.63) is 0 Å². The third-order valence-electron chi connectivity index (χ3n) is 4.29. The van der Waals surface area contributed by atoms with Crippen molar-refractivity contribution in [2.75, 3.05) is 0 Å². The van der Waals surface area contributed by atoms with Crippen LogP contribution >= 0.6 is 0 Å². The summed E-state index contributed by atoms with van der Waals surface area (Å²) in [6.07, 6.45) is 13.5. The topological polar surface area (TPSA) is 20.2 Å². The van der Waals surface area contributed by atoms with Crippen LogP contribution in [-0.4, -0.2) is 11.2 Å². The molecule has 2 aliphatic rings. The molecule has 0 bridgehead atoms. The largest absolute Gasteiger partial charge is 0.393 e. The van der Waals surface area contributed by atoms with Crippen LogP contribution in [0.3, 0.4) is 0 Å². The van der Waals surface area contributed by atoms with Crippen molar-refractivity contribution in [1.82, 2.24) is 0 Å². The van der Waals surface area contributed by atoms with E-state index in [1.807, 2.05) is 0 Å². The van der Waals surface area contributed by atoms with Gasteiger partial charge < -0.3 is 5.11 Å². The molecule has 1 N–H and O–H groups in total. The van der Waals surface area contributed by atoms with Gasteiger partial charge in [0.2, 0.25) is 0 Å². The third-order valence-corrected chi connectivity index (χ3v) is 4.29. The second-order valence-corrected chi connectivity index (χ2v) is 5.34. The van der Waals surface area contributed by atoms with Crippen molar-refractivity contribution in [3.8, 4) is 0 Å². The molecule has 82 valence electrons. The van der Waals surface area contributed by atoms with Crippen molar-refractivity contribution in [3.63, 3.8) is 0 Å². The maximum atomic E-state index is 9.84. The Morgan fingerprint density at radius 3 is 2.14 bits per heavy atom. The van der Waals surface area contributed by atoms with E-state index in [0.29, 0.717) is 5.92 Å². The lowest BCUT2D eigenvalue weighted by Gasteiger charge is -2.28. The Morgan fingerprint density at radius 2 is 1.43 bits per heavy atom. The molecule has 0 aromatic rings. The van der Waals surface area contributed by atoms with Gasteiger partial charge >= 0.3 is 0 Å². The number of aliphatic hydroxyl groups excluding tert-OH is 1. The maximum absolute atomic E-state index is 9.84. The normalized spacial score (nSPS) is 34.9. The molecule has 0 aromatic heterocycles. The second-order valence-electron chi connectivity index (χ2n) is 5.34. The minimum atomic E-state index is 0.0325. The van der Waals surface area contributed by atoms with Gasteiger partial charge in [-0.1, -0.05) is 44.9 Å². The zero-order chi connectivity index (χ0) is 9.80. The minimum absolute atomic E-state index is 0.0325. The quantitative estimate of drug-likeness (QED) is 0.732. The molecule has 0 aliphatic heterocycles. The summed E-state index contributed by atoms with van der Waals surface area (Å²) in [5.74, 6) is 1.65. The maximum Gasteiger partial charge on any atom is 0.0568 e. The van der Waals surface area contributed by atoms with Crippen LogP contribution in [0.2, 0.25) is 0 Å². The van der Waals surface area contributed by atoms with Gasteiger partial charge in [-0.05, 0) is 31.1 Å². The molecule has 0 saturated heterocycles. The van der Waals surface area contributed by atoms with Gasteiger partial charge in [-0.15, -0.1) is 0 Å². The Hall–Kier alpha value is -0.0400. The van der Waals surface area contributed by atoms with Crippen molar-refractivity contribution in [1.29, 1.82) is 0 Å². The summed E-state index contributed by atoms with van der Waals surface area (Å²) in [5.41, 5.74) is 0. The van der Waals surface area contributed by atoms with Crippen LogP contribution < -0.4 is 0 Å². The lowest BCUT2D eigenvalue weighted by Crippen LogP contribution is -2.24. The molecule has 2 atom stereocenters. The lowest BCUT2D eigenvalue weighted by molar-refractivity contribution is 0.0618. The van der Waals surface area contributed by atoms with Gasteiger partial charge in [0.1, 0.15) is 0 Å². The molecule has 0 heterocycles. The Bertz CT molecular complexity index is 161. The third kappa shape index (κ3) is 2.73. The van der Waals surface area contributed by atoms with E-state index in [4.69, 9.17) is 0 Å². The van der Waals surface area contributed by atoms with Gasteiger partial charge in [-0.3, -0.25) is 0 Å². The predicted molar refractivity (Wildman–Crippen MR) is 59.2 cm³/mol. The van der Waals surface area contributed by atoms with Gasteiger partial charge in [-0.2, -0.15) is 0 Å². The molecular weight excluding hydrogens is 172 g/mol. The first-order valence-electron chi connectivity index (χ1n) is 6.54. The molecule has 2 saturated carbocycles. The SMILES string of the molecule is OC1CCCCC1CCC1CCCC1. The van der Waals surface area contributed by atoms with Gasteiger partial charge in [0.15, 0.2) is 0 Å². The summed E-state index contributed by atoms with van der Waals surface area (Å²) in [6, 6.07) is 0. The molecule has 14 heavy (non-hydrogen) atoms. The van der Waals surface area contributed by atoms with Crippen LogP contribution in [0.1, 0.15) is 64.2 Å². The first-order chi connectivity index (χ1) is 6.86. The second kappa shape index (κ2) is 5.16. The summed E-state index contributed by atoms with van der Waals surface area (Å²) in [6.45, 7) is 0. The standard InChI is InChI=1S/C13H24O/c14-13-8-4-3-7-12(13)10-9-11-5-1-2-6-11/h11-14H,1-10H2. The molecule has 1 heteroatoms. The fraction of sp³-hybridized carbons (Fsp3) is 1.00. The van der Waals surface area contributed by atoms with E-state index < -0.39 is 0 Å². The molecule has 2 unspecified atom stereocenters. The predicted octanol–water partition coefficient (Wildman–Crippen LogP) is 3.51. The number of hydrogen-bond donors (Lipinski definition) is 1. The zero-order valence-electron chi connectivity index (χ0n) is 9.25. The first-order valence-corrected chi connectivity index (χ1v) is 6.54. The van der Waals surface area contributed by atoms with E-state index in [1.165, 1.54) is 57.8 Å². The Balaban J connectivity index is 1.67. The van der Waals surface area contributed by atoms with Crippen LogP contribution in [0, 0.1) is 11.8 Å². The van der Waals surface area contributed by atoms with Gasteiger partial charge in [0.25, 0.3) is 0 Å². The van der Waals surface area contributed by atoms with E-state index in [9.17, 15) is 5.11 Å². The highest BCUT2D eigenvalue weighted by Crippen LogP contribution is 2.33. The number of aliphatic hydroxyl groups is 1. The molecule has 1 nitrogen and oxygen atoms in total. The number of rotatable bonds is 3. The summed E-state index contributed by atoms with van der Waals surface area (Å²) >= 11 is 0. The average molecular weight is 196 g/mol. The van der Waals surface area contributed by atoms with Crippen molar-refractivity contribution >= 4 is 0 Å². The molecule has 2 fully saturated rings. The average Bonchev–Trinajstić information content (AvgIpc) is 2.69. The van der Waals surface area contributed by atoms with E-state index in [1.54, 1.807) is 0 Å². The molecule has 0 spiro atoms. The Kier molecular flexibility index (Phi) is 3.86. The number of hydrogen-bond acceptors (Lipinski definition) is 1. The van der Waals surface area contributed by atoms with Crippen molar-refractivity contribution in [2.45, 2.75) is 70.3 Å². The van der Waals surface area contributed by atoms with Gasteiger partial charge in [0.05, 0.1) is 6.10 Å². The van der Waals surface area contributed by atoms with Crippen LogP contribution in [0.25, 0.3) is 0 Å². The molecular formula is C13H24O. The molecule has 2 aliphatic carbocycles. The van der Waals surface area contributed by atoms with Gasteiger partial charge in [-0.25, -0.2) is 0 Å². The van der Waals surface area contributed by atoms with E-state index in [0.717, 1.165) is 12.3 Å². The van der Waals surface area contributed by atoms with Crippen molar-refractivity contribution in [2.24, 2.45) is 11.8 Å². The highest BCUT2D eigenvalue weighted by molar-refractivity contribution is 4.76. The molecule has 0 aromatic carbocycles. The van der Waals surface area contributed by atoms with E-state index in [-0.39, 0.29) is 6.10 Å². The molecule has 0 amide bonds. The van der Waals surface area contributed by atoms with Gasteiger partial charge in [0, 0.05) is 0 Å². The highest BCUT2D eigenvalue weighted by atomic mass is 16.3. The first kappa shape index (κ1) is 10.5. The highest BCUT2D eigenvalue weighted by Gasteiger charge is 2.24. The minimum Gasteiger partial charge on any atom is -0.393 e. The van der Waals surface area contributed by atoms with Crippen LogP contribution in [0.15, 0.2) is 0 Å². The Morgan fingerprint density at radius 1 is 0.786 bits per heavy atom. The molecule has 0 radical (unpaired) electrons. The van der Waals surface area contributed by atoms with Crippen LogP contribution in [-0.2, 0) is 0 Å². The van der Waals surface area contributed by atoms with Crippen molar-refractivity contribution < 1.29 is 5.11 Å². The van der Waals surface area contributed by atoms with Crippen LogP contribution in [0.4, 0.5) is 0 Å². The van der Waals surface area contributed by atoms with E-state index >= 15 is 0 Å². The smallest absolute Gasteiger partial charge is 0.0568 e. The molecule has 2 rings (SSSR count). The summed E-state index contributed by atoms with van der Waals surface area (Å²) in [7, 11) is 0. The summed E-state index contributed by atoms with van der Waals surface area (Å²) in [4.78, 5) is 0. The monoisotopic (exact) mass is 196 g/mol. The van der Waals surface area contributed by atoms with Crippen LogP contribution in [0.5, 0.6) is 0 Å². The lowest BCUT2D eigenvalue weighted by atomic mass is 9.82. The fourth-order valence-corrected chi connectivity index (χ4v) is 3.27.